The maximum Gasteiger partial charge on any atom is 0.200 e. The van der Waals surface area contributed by atoms with E-state index in [2.05, 4.69) is 27.6 Å². The van der Waals surface area contributed by atoms with Gasteiger partial charge in [0.25, 0.3) is 0 Å². The van der Waals surface area contributed by atoms with Crippen molar-refractivity contribution >= 4 is 45.1 Å². The van der Waals surface area contributed by atoms with E-state index < -0.39 is 23.9 Å². The van der Waals surface area contributed by atoms with Crippen molar-refractivity contribution in [3.63, 3.8) is 0 Å². The second-order valence-electron chi connectivity index (χ2n) is 7.68. The number of ether oxygens (including phenoxy) is 1. The second kappa shape index (κ2) is 7.23. The normalized spacial score (nSPS) is 15.7. The molecule has 0 spiro atoms. The summed E-state index contributed by atoms with van der Waals surface area (Å²) in [5.74, 6) is -0.217. The molecule has 0 radical (unpaired) electrons. The first-order chi connectivity index (χ1) is 13.7. The first-order valence-corrected chi connectivity index (χ1v) is 10.3. The Morgan fingerprint density at radius 1 is 1.24 bits per heavy atom. The SMILES string of the molecule is CC1(C)c2cc(OCC(=O)[C@H](O)CO)ccc2C(=O)c2c1[nH]c1cc(I)ccc21. The second-order valence-corrected chi connectivity index (χ2v) is 8.93. The average molecular weight is 505 g/mol. The quantitative estimate of drug-likeness (QED) is 0.464. The first kappa shape index (κ1) is 20.1. The van der Waals surface area contributed by atoms with Gasteiger partial charge in [0.2, 0.25) is 5.78 Å². The topological polar surface area (TPSA) is 99.6 Å². The van der Waals surface area contributed by atoms with Gasteiger partial charge in [0, 0.05) is 31.1 Å². The fraction of sp³-hybridized carbons (Fsp3) is 0.273. The number of hydrogen-bond acceptors (Lipinski definition) is 5. The third-order valence-electron chi connectivity index (χ3n) is 5.45. The summed E-state index contributed by atoms with van der Waals surface area (Å²) in [6.45, 7) is 3.09. The largest absolute Gasteiger partial charge is 0.486 e. The average Bonchev–Trinajstić information content (AvgIpc) is 3.09. The summed E-state index contributed by atoms with van der Waals surface area (Å²) >= 11 is 2.25. The summed E-state index contributed by atoms with van der Waals surface area (Å²) in [7, 11) is 0. The minimum Gasteiger partial charge on any atom is -0.486 e. The lowest BCUT2D eigenvalue weighted by molar-refractivity contribution is -0.131. The zero-order valence-electron chi connectivity index (χ0n) is 16.0. The van der Waals surface area contributed by atoms with Gasteiger partial charge < -0.3 is 19.9 Å². The molecule has 1 aliphatic carbocycles. The molecule has 4 rings (SSSR count). The number of carbonyl (C=O) groups is 2. The molecule has 0 bridgehead atoms. The fourth-order valence-electron chi connectivity index (χ4n) is 3.82. The van der Waals surface area contributed by atoms with Crippen LogP contribution in [0.5, 0.6) is 5.75 Å². The summed E-state index contributed by atoms with van der Waals surface area (Å²) in [5.41, 5.74) is 3.42. The monoisotopic (exact) mass is 505 g/mol. The lowest BCUT2D eigenvalue weighted by Gasteiger charge is -2.32. The summed E-state index contributed by atoms with van der Waals surface area (Å²) < 4.78 is 6.59. The van der Waals surface area contributed by atoms with E-state index in [1.165, 1.54) is 0 Å². The molecule has 3 aromatic rings. The van der Waals surface area contributed by atoms with Gasteiger partial charge in [-0.05, 0) is 58.5 Å². The van der Waals surface area contributed by atoms with E-state index in [1.54, 1.807) is 18.2 Å². The molecule has 0 saturated heterocycles. The number of aliphatic hydroxyl groups is 2. The molecule has 1 heterocycles. The molecule has 150 valence electrons. The first-order valence-electron chi connectivity index (χ1n) is 9.19. The van der Waals surface area contributed by atoms with Crippen LogP contribution in [0.3, 0.4) is 0 Å². The Bertz CT molecular complexity index is 1150. The van der Waals surface area contributed by atoms with Crippen molar-refractivity contribution in [2.75, 3.05) is 13.2 Å². The molecule has 0 unspecified atom stereocenters. The Balaban J connectivity index is 1.75. The Hall–Kier alpha value is -2.23. The van der Waals surface area contributed by atoms with E-state index in [-0.39, 0.29) is 12.4 Å². The van der Waals surface area contributed by atoms with Crippen molar-refractivity contribution in [3.05, 3.63) is 62.4 Å². The highest BCUT2D eigenvalue weighted by Crippen LogP contribution is 2.44. The molecule has 0 saturated carbocycles. The smallest absolute Gasteiger partial charge is 0.200 e. The highest BCUT2D eigenvalue weighted by atomic mass is 127. The van der Waals surface area contributed by atoms with Gasteiger partial charge in [0.05, 0.1) is 12.2 Å². The summed E-state index contributed by atoms with van der Waals surface area (Å²) in [6.07, 6.45) is -1.46. The van der Waals surface area contributed by atoms with Gasteiger partial charge in [0.15, 0.2) is 5.78 Å². The number of aromatic nitrogens is 1. The number of nitrogens with one attached hydrogen (secondary N) is 1. The Morgan fingerprint density at radius 2 is 2.00 bits per heavy atom. The zero-order valence-corrected chi connectivity index (χ0v) is 18.1. The number of aromatic amines is 1. The molecule has 29 heavy (non-hydrogen) atoms. The standard InChI is InChI=1S/C22H20INO5/c1-22(2)15-8-12(29-10-18(27)17(26)9-25)4-6-13(15)20(28)19-14-5-3-11(23)7-16(14)24-21(19)22/h3-8,17,24-26H,9-10H2,1-2H3/t17-/m1/s1. The van der Waals surface area contributed by atoms with Gasteiger partial charge in [-0.2, -0.15) is 0 Å². The molecular weight excluding hydrogens is 485 g/mol. The number of Topliss-reactive ketones (excluding diaryl/α,β-unsaturated/α-hetero) is 1. The van der Waals surface area contributed by atoms with Gasteiger partial charge in [-0.25, -0.2) is 0 Å². The minimum absolute atomic E-state index is 0.0416. The van der Waals surface area contributed by atoms with Crippen LogP contribution in [0.15, 0.2) is 36.4 Å². The Labute approximate surface area is 181 Å². The van der Waals surface area contributed by atoms with Gasteiger partial charge in [-0.15, -0.1) is 0 Å². The number of benzene rings is 2. The van der Waals surface area contributed by atoms with Crippen LogP contribution in [0.4, 0.5) is 0 Å². The van der Waals surface area contributed by atoms with Crippen molar-refractivity contribution in [1.82, 2.24) is 4.98 Å². The van der Waals surface area contributed by atoms with E-state index in [9.17, 15) is 14.7 Å². The molecule has 0 fully saturated rings. The predicted octanol–water partition coefficient (Wildman–Crippen LogP) is 2.94. The predicted molar refractivity (Wildman–Crippen MR) is 117 cm³/mol. The Morgan fingerprint density at radius 3 is 2.72 bits per heavy atom. The number of halogens is 1. The molecule has 2 aromatic carbocycles. The lowest BCUT2D eigenvalue weighted by Crippen LogP contribution is -2.31. The van der Waals surface area contributed by atoms with Crippen LogP contribution in [0, 0.1) is 3.57 Å². The van der Waals surface area contributed by atoms with Crippen molar-refractivity contribution in [2.45, 2.75) is 25.4 Å². The maximum atomic E-state index is 13.3. The molecule has 1 aliphatic rings. The number of aliphatic hydroxyl groups excluding tert-OH is 2. The van der Waals surface area contributed by atoms with Gasteiger partial charge in [-0.1, -0.05) is 19.9 Å². The van der Waals surface area contributed by atoms with Crippen LogP contribution in [0.2, 0.25) is 0 Å². The van der Waals surface area contributed by atoms with Crippen LogP contribution >= 0.6 is 22.6 Å². The number of hydrogen-bond donors (Lipinski definition) is 3. The molecular formula is C22H20INO5. The van der Waals surface area contributed by atoms with E-state index >= 15 is 0 Å². The van der Waals surface area contributed by atoms with E-state index in [0.29, 0.717) is 16.9 Å². The summed E-state index contributed by atoms with van der Waals surface area (Å²) in [5, 5.41) is 19.2. The highest BCUT2D eigenvalue weighted by Gasteiger charge is 2.39. The number of rotatable bonds is 5. The van der Waals surface area contributed by atoms with Gasteiger partial charge in [-0.3, -0.25) is 9.59 Å². The third-order valence-corrected chi connectivity index (χ3v) is 6.12. The number of carbonyl (C=O) groups excluding carboxylic acids is 2. The molecule has 1 atom stereocenters. The fourth-order valence-corrected chi connectivity index (χ4v) is 4.32. The third kappa shape index (κ3) is 3.27. The minimum atomic E-state index is -1.46. The van der Waals surface area contributed by atoms with Crippen LogP contribution in [-0.4, -0.2) is 46.1 Å². The maximum absolute atomic E-state index is 13.3. The zero-order chi connectivity index (χ0) is 20.9. The molecule has 0 aliphatic heterocycles. The summed E-state index contributed by atoms with van der Waals surface area (Å²) in [6, 6.07) is 11.1. The van der Waals surface area contributed by atoms with Gasteiger partial charge >= 0.3 is 0 Å². The number of fused-ring (bicyclic) bond motifs is 4. The van der Waals surface area contributed by atoms with Crippen molar-refractivity contribution in [2.24, 2.45) is 0 Å². The molecule has 1 aromatic heterocycles. The summed E-state index contributed by atoms with van der Waals surface area (Å²) in [4.78, 5) is 28.4. The Kier molecular flexibility index (Phi) is 5.00. The van der Waals surface area contributed by atoms with Crippen molar-refractivity contribution in [3.8, 4) is 5.75 Å². The van der Waals surface area contributed by atoms with Crippen molar-refractivity contribution in [1.29, 1.82) is 0 Å². The van der Waals surface area contributed by atoms with Crippen LogP contribution < -0.4 is 4.74 Å². The number of H-pyrrole nitrogens is 1. The number of ketones is 2. The molecule has 3 N–H and O–H groups in total. The van der Waals surface area contributed by atoms with E-state index in [0.717, 1.165) is 25.7 Å². The van der Waals surface area contributed by atoms with Crippen LogP contribution in [0.25, 0.3) is 10.9 Å². The molecule has 6 nitrogen and oxygen atoms in total. The van der Waals surface area contributed by atoms with E-state index in [1.807, 2.05) is 32.0 Å². The van der Waals surface area contributed by atoms with Gasteiger partial charge in [0.1, 0.15) is 18.5 Å². The lowest BCUT2D eigenvalue weighted by atomic mass is 9.71. The van der Waals surface area contributed by atoms with Crippen molar-refractivity contribution < 1.29 is 24.5 Å². The van der Waals surface area contributed by atoms with Crippen LogP contribution in [-0.2, 0) is 10.2 Å². The van der Waals surface area contributed by atoms with Crippen LogP contribution in [0.1, 0.15) is 41.0 Å². The van der Waals surface area contributed by atoms with E-state index in [4.69, 9.17) is 9.84 Å². The molecule has 7 heteroatoms. The molecule has 0 amide bonds. The highest BCUT2D eigenvalue weighted by molar-refractivity contribution is 14.1.